The Morgan fingerprint density at radius 2 is 1.86 bits per heavy atom. The molecule has 2 N–H and O–H groups in total. The molecule has 0 spiro atoms. The second-order valence-electron chi connectivity index (χ2n) is 4.06. The first-order chi connectivity index (χ1) is 6.54. The molecule has 2 heteroatoms. The van der Waals surface area contributed by atoms with E-state index in [4.69, 9.17) is 5.11 Å². The molecule has 0 aliphatic carbocycles. The van der Waals surface area contributed by atoms with Crippen LogP contribution in [0.15, 0.2) is 12.1 Å². The minimum absolute atomic E-state index is 0.208. The van der Waals surface area contributed by atoms with Crippen molar-refractivity contribution in [3.8, 4) is 5.75 Å². The molecule has 0 amide bonds. The minimum atomic E-state index is 0.208. The number of aromatic hydroxyl groups is 1. The first kappa shape index (κ1) is 11.1. The molecule has 0 unspecified atom stereocenters. The molecule has 2 nitrogen and oxygen atoms in total. The average molecular weight is 194 g/mol. The van der Waals surface area contributed by atoms with Gasteiger partial charge >= 0.3 is 0 Å². The minimum Gasteiger partial charge on any atom is -0.508 e. The summed E-state index contributed by atoms with van der Waals surface area (Å²) in [7, 11) is 0. The average Bonchev–Trinajstić information content (AvgIpc) is 2.14. The Balaban J connectivity index is 2.92. The lowest BCUT2D eigenvalue weighted by molar-refractivity contribution is 0.237. The quantitative estimate of drug-likeness (QED) is 0.774. The van der Waals surface area contributed by atoms with Gasteiger partial charge in [-0.25, -0.2) is 0 Å². The van der Waals surface area contributed by atoms with Crippen molar-refractivity contribution in [1.82, 2.24) is 0 Å². The summed E-state index contributed by atoms with van der Waals surface area (Å²) in [6.45, 7) is 6.10. The lowest BCUT2D eigenvalue weighted by atomic mass is 9.96. The van der Waals surface area contributed by atoms with Gasteiger partial charge in [-0.2, -0.15) is 0 Å². The molecule has 0 aliphatic heterocycles. The van der Waals surface area contributed by atoms with Crippen molar-refractivity contribution in [2.75, 3.05) is 6.61 Å². The molecule has 0 saturated carbocycles. The summed E-state index contributed by atoms with van der Waals surface area (Å²) >= 11 is 0. The maximum Gasteiger partial charge on any atom is 0.118 e. The van der Waals surface area contributed by atoms with Crippen molar-refractivity contribution in [2.24, 2.45) is 5.92 Å². The number of phenols is 1. The summed E-state index contributed by atoms with van der Waals surface area (Å²) in [6.07, 6.45) is 0.865. The van der Waals surface area contributed by atoms with Crippen LogP contribution in [0.1, 0.15) is 23.6 Å². The fourth-order valence-corrected chi connectivity index (χ4v) is 1.52. The van der Waals surface area contributed by atoms with Crippen LogP contribution in [0.2, 0.25) is 0 Å². The molecule has 78 valence electrons. The maximum atomic E-state index is 9.47. The summed E-state index contributed by atoms with van der Waals surface area (Å²) in [4.78, 5) is 0. The van der Waals surface area contributed by atoms with E-state index in [0.717, 1.165) is 17.5 Å². The van der Waals surface area contributed by atoms with Crippen LogP contribution in [0.5, 0.6) is 5.75 Å². The van der Waals surface area contributed by atoms with Crippen molar-refractivity contribution < 1.29 is 10.2 Å². The molecular formula is C12H18O2. The van der Waals surface area contributed by atoms with Crippen molar-refractivity contribution in [3.05, 3.63) is 28.8 Å². The van der Waals surface area contributed by atoms with Gasteiger partial charge in [0.1, 0.15) is 5.75 Å². The normalized spacial score (nSPS) is 12.9. The van der Waals surface area contributed by atoms with Gasteiger partial charge in [0, 0.05) is 6.61 Å². The van der Waals surface area contributed by atoms with E-state index in [9.17, 15) is 5.11 Å². The third-order valence-corrected chi connectivity index (χ3v) is 2.53. The van der Waals surface area contributed by atoms with Crippen LogP contribution < -0.4 is 0 Å². The summed E-state index contributed by atoms with van der Waals surface area (Å²) in [5, 5.41) is 18.4. The van der Waals surface area contributed by atoms with Gasteiger partial charge < -0.3 is 10.2 Å². The highest BCUT2D eigenvalue weighted by Crippen LogP contribution is 2.23. The van der Waals surface area contributed by atoms with Gasteiger partial charge in [-0.1, -0.05) is 13.0 Å². The molecule has 1 aromatic carbocycles. The standard InChI is InChI=1S/C12H18O2/c1-8(7-13)4-11-5-10(3)12(14)6-9(11)2/h5-6,8,13-14H,4,7H2,1-3H3/t8-/m1/s1. The van der Waals surface area contributed by atoms with Crippen LogP contribution in [-0.4, -0.2) is 16.8 Å². The highest BCUT2D eigenvalue weighted by atomic mass is 16.3. The van der Waals surface area contributed by atoms with Gasteiger partial charge in [0.2, 0.25) is 0 Å². The Labute approximate surface area is 85.2 Å². The molecule has 0 bridgehead atoms. The smallest absolute Gasteiger partial charge is 0.118 e. The maximum absolute atomic E-state index is 9.47. The molecular weight excluding hydrogens is 176 g/mol. The highest BCUT2D eigenvalue weighted by Gasteiger charge is 2.07. The van der Waals surface area contributed by atoms with E-state index in [2.05, 4.69) is 0 Å². The number of hydrogen-bond acceptors (Lipinski definition) is 2. The van der Waals surface area contributed by atoms with Crippen LogP contribution >= 0.6 is 0 Å². The van der Waals surface area contributed by atoms with E-state index in [1.807, 2.05) is 26.8 Å². The zero-order chi connectivity index (χ0) is 10.7. The SMILES string of the molecule is Cc1cc(C[C@@H](C)CO)c(C)cc1O. The summed E-state index contributed by atoms with van der Waals surface area (Å²) in [5.74, 6) is 0.626. The highest BCUT2D eigenvalue weighted by molar-refractivity contribution is 5.40. The van der Waals surface area contributed by atoms with Crippen LogP contribution in [0.25, 0.3) is 0 Å². The summed E-state index contributed by atoms with van der Waals surface area (Å²) in [5.41, 5.74) is 3.20. The Morgan fingerprint density at radius 3 is 2.43 bits per heavy atom. The van der Waals surface area contributed by atoms with E-state index >= 15 is 0 Å². The second kappa shape index (κ2) is 4.47. The lowest BCUT2D eigenvalue weighted by Gasteiger charge is -2.12. The van der Waals surface area contributed by atoms with E-state index in [1.165, 1.54) is 5.56 Å². The Morgan fingerprint density at radius 1 is 1.21 bits per heavy atom. The first-order valence-electron chi connectivity index (χ1n) is 4.94. The van der Waals surface area contributed by atoms with Gasteiger partial charge in [-0.3, -0.25) is 0 Å². The number of benzene rings is 1. The van der Waals surface area contributed by atoms with Crippen molar-refractivity contribution >= 4 is 0 Å². The van der Waals surface area contributed by atoms with Gasteiger partial charge in [-0.15, -0.1) is 0 Å². The fourth-order valence-electron chi connectivity index (χ4n) is 1.52. The number of hydrogen-bond donors (Lipinski definition) is 2. The van der Waals surface area contributed by atoms with Gasteiger partial charge in [0.15, 0.2) is 0 Å². The molecule has 0 fully saturated rings. The van der Waals surface area contributed by atoms with Gasteiger partial charge in [0.25, 0.3) is 0 Å². The van der Waals surface area contributed by atoms with Crippen molar-refractivity contribution in [2.45, 2.75) is 27.2 Å². The van der Waals surface area contributed by atoms with Crippen molar-refractivity contribution in [3.63, 3.8) is 0 Å². The number of rotatable bonds is 3. The largest absolute Gasteiger partial charge is 0.508 e. The first-order valence-corrected chi connectivity index (χ1v) is 4.94. The van der Waals surface area contributed by atoms with Crippen LogP contribution in [0.4, 0.5) is 0 Å². The molecule has 1 aromatic rings. The number of aryl methyl sites for hydroxylation is 2. The van der Waals surface area contributed by atoms with E-state index < -0.39 is 0 Å². The van der Waals surface area contributed by atoms with Gasteiger partial charge in [0.05, 0.1) is 0 Å². The summed E-state index contributed by atoms with van der Waals surface area (Å²) in [6, 6.07) is 3.78. The molecule has 0 radical (unpaired) electrons. The monoisotopic (exact) mass is 194 g/mol. The molecule has 0 heterocycles. The molecule has 1 atom stereocenters. The molecule has 14 heavy (non-hydrogen) atoms. The second-order valence-corrected chi connectivity index (χ2v) is 4.06. The Hall–Kier alpha value is -1.02. The van der Waals surface area contributed by atoms with E-state index in [1.54, 1.807) is 6.07 Å². The number of phenolic OH excluding ortho intramolecular Hbond substituents is 1. The predicted octanol–water partition coefficient (Wildman–Crippen LogP) is 2.18. The topological polar surface area (TPSA) is 40.5 Å². The zero-order valence-corrected chi connectivity index (χ0v) is 9.04. The zero-order valence-electron chi connectivity index (χ0n) is 9.04. The molecule has 1 rings (SSSR count). The molecule has 0 aromatic heterocycles. The molecule has 0 aliphatic rings. The lowest BCUT2D eigenvalue weighted by Crippen LogP contribution is -2.06. The summed E-state index contributed by atoms with van der Waals surface area (Å²) < 4.78 is 0. The number of aliphatic hydroxyl groups excluding tert-OH is 1. The van der Waals surface area contributed by atoms with Crippen molar-refractivity contribution in [1.29, 1.82) is 0 Å². The van der Waals surface area contributed by atoms with Crippen LogP contribution in [0.3, 0.4) is 0 Å². The van der Waals surface area contributed by atoms with Crippen LogP contribution in [0, 0.1) is 19.8 Å². The fraction of sp³-hybridized carbons (Fsp3) is 0.500. The Kier molecular flexibility index (Phi) is 3.53. The Bertz CT molecular complexity index is 318. The number of aliphatic hydroxyl groups is 1. The van der Waals surface area contributed by atoms with Gasteiger partial charge in [-0.05, 0) is 48.9 Å². The van der Waals surface area contributed by atoms with E-state index in [0.29, 0.717) is 5.75 Å². The van der Waals surface area contributed by atoms with Crippen LogP contribution in [-0.2, 0) is 6.42 Å². The predicted molar refractivity (Wildman–Crippen MR) is 57.5 cm³/mol. The third kappa shape index (κ3) is 2.48. The molecule has 0 saturated heterocycles. The van der Waals surface area contributed by atoms with E-state index in [-0.39, 0.29) is 12.5 Å². The third-order valence-electron chi connectivity index (χ3n) is 2.53.